The maximum absolute atomic E-state index is 13.4. The van der Waals surface area contributed by atoms with Crippen molar-refractivity contribution in [1.82, 2.24) is 9.97 Å². The van der Waals surface area contributed by atoms with E-state index in [9.17, 15) is 4.39 Å². The van der Waals surface area contributed by atoms with Gasteiger partial charge in [-0.3, -0.25) is 0 Å². The maximum atomic E-state index is 13.4. The first-order valence-corrected chi connectivity index (χ1v) is 5.36. The van der Waals surface area contributed by atoms with Gasteiger partial charge in [-0.15, -0.1) is 0 Å². The predicted molar refractivity (Wildman–Crippen MR) is 60.9 cm³/mol. The minimum atomic E-state index is -0.412. The Morgan fingerprint density at radius 1 is 1.25 bits per heavy atom. The molecule has 0 unspecified atom stereocenters. The Morgan fingerprint density at radius 2 is 2.06 bits per heavy atom. The summed E-state index contributed by atoms with van der Waals surface area (Å²) in [5, 5.41) is 0. The third-order valence-electron chi connectivity index (χ3n) is 1.90. The Hall–Kier alpha value is -1.49. The standard InChI is InChI=1S/C11H8BrFN2O/c1-7-2-3-9(8(13)4-7)16-11-6-14-10(12)5-15-11/h2-6H,1H3. The lowest BCUT2D eigenvalue weighted by atomic mass is 10.2. The number of halogens is 2. The van der Waals surface area contributed by atoms with Gasteiger partial charge in [0, 0.05) is 0 Å². The summed E-state index contributed by atoms with van der Waals surface area (Å²) >= 11 is 3.15. The number of rotatable bonds is 2. The Balaban J connectivity index is 2.23. The lowest BCUT2D eigenvalue weighted by Gasteiger charge is -2.05. The van der Waals surface area contributed by atoms with Crippen LogP contribution in [0.3, 0.4) is 0 Å². The molecule has 0 aliphatic heterocycles. The molecule has 0 saturated carbocycles. The summed E-state index contributed by atoms with van der Waals surface area (Å²) in [5.41, 5.74) is 0.840. The van der Waals surface area contributed by atoms with Gasteiger partial charge in [0.2, 0.25) is 5.88 Å². The van der Waals surface area contributed by atoms with Crippen molar-refractivity contribution in [3.8, 4) is 11.6 Å². The second-order valence-corrected chi connectivity index (χ2v) is 4.03. The molecule has 0 spiro atoms. The number of hydrogen-bond donors (Lipinski definition) is 0. The molecule has 82 valence electrons. The molecule has 2 rings (SSSR count). The third kappa shape index (κ3) is 2.55. The normalized spacial score (nSPS) is 10.2. The first kappa shape index (κ1) is 11.0. The molecule has 5 heteroatoms. The van der Waals surface area contributed by atoms with E-state index in [2.05, 4.69) is 25.9 Å². The van der Waals surface area contributed by atoms with E-state index in [1.807, 2.05) is 6.92 Å². The van der Waals surface area contributed by atoms with Gasteiger partial charge in [-0.1, -0.05) is 6.07 Å². The van der Waals surface area contributed by atoms with Gasteiger partial charge in [-0.2, -0.15) is 0 Å². The van der Waals surface area contributed by atoms with Crippen LogP contribution in [0.2, 0.25) is 0 Å². The van der Waals surface area contributed by atoms with Crippen LogP contribution >= 0.6 is 15.9 Å². The average molecular weight is 283 g/mol. The molecule has 0 amide bonds. The fourth-order valence-corrected chi connectivity index (χ4v) is 1.36. The fraction of sp³-hybridized carbons (Fsp3) is 0.0909. The van der Waals surface area contributed by atoms with Crippen LogP contribution < -0.4 is 4.74 Å². The summed E-state index contributed by atoms with van der Waals surface area (Å²) in [6, 6.07) is 4.74. The Morgan fingerprint density at radius 3 is 2.69 bits per heavy atom. The zero-order chi connectivity index (χ0) is 11.5. The summed E-state index contributed by atoms with van der Waals surface area (Å²) in [5.74, 6) is -0.0158. The molecule has 0 aliphatic rings. The van der Waals surface area contributed by atoms with E-state index in [-0.39, 0.29) is 11.6 Å². The molecule has 0 saturated heterocycles. The number of aromatic nitrogens is 2. The van der Waals surface area contributed by atoms with Crippen LogP contribution in [0.4, 0.5) is 4.39 Å². The highest BCUT2D eigenvalue weighted by atomic mass is 79.9. The van der Waals surface area contributed by atoms with Gasteiger partial charge in [0.25, 0.3) is 0 Å². The summed E-state index contributed by atoms with van der Waals surface area (Å²) < 4.78 is 19.3. The molecular formula is C11H8BrFN2O. The first-order valence-electron chi connectivity index (χ1n) is 4.57. The van der Waals surface area contributed by atoms with E-state index < -0.39 is 5.82 Å². The van der Waals surface area contributed by atoms with Gasteiger partial charge in [-0.25, -0.2) is 14.4 Å². The monoisotopic (exact) mass is 282 g/mol. The van der Waals surface area contributed by atoms with Crippen LogP contribution in [-0.4, -0.2) is 9.97 Å². The number of ether oxygens (including phenoxy) is 1. The number of nitrogens with zero attached hydrogens (tertiary/aromatic N) is 2. The molecule has 1 aromatic carbocycles. The molecule has 0 bridgehead atoms. The average Bonchev–Trinajstić information content (AvgIpc) is 2.25. The van der Waals surface area contributed by atoms with Gasteiger partial charge in [0.05, 0.1) is 12.4 Å². The van der Waals surface area contributed by atoms with Crippen molar-refractivity contribution in [2.75, 3.05) is 0 Å². The van der Waals surface area contributed by atoms with Crippen molar-refractivity contribution in [2.24, 2.45) is 0 Å². The van der Waals surface area contributed by atoms with Crippen molar-refractivity contribution in [2.45, 2.75) is 6.92 Å². The molecule has 3 nitrogen and oxygen atoms in total. The molecule has 0 aliphatic carbocycles. The molecule has 0 N–H and O–H groups in total. The predicted octanol–water partition coefficient (Wildman–Crippen LogP) is 3.48. The van der Waals surface area contributed by atoms with Crippen LogP contribution in [0.1, 0.15) is 5.56 Å². The molecule has 1 heterocycles. The molecule has 1 aromatic heterocycles. The SMILES string of the molecule is Cc1ccc(Oc2cnc(Br)cn2)c(F)c1. The summed E-state index contributed by atoms with van der Waals surface area (Å²) in [7, 11) is 0. The summed E-state index contributed by atoms with van der Waals surface area (Å²) in [6.07, 6.45) is 2.91. The molecule has 0 radical (unpaired) electrons. The molecule has 0 fully saturated rings. The smallest absolute Gasteiger partial charge is 0.238 e. The summed E-state index contributed by atoms with van der Waals surface area (Å²) in [6.45, 7) is 1.81. The Kier molecular flexibility index (Phi) is 3.14. The topological polar surface area (TPSA) is 35.0 Å². The van der Waals surface area contributed by atoms with E-state index in [1.54, 1.807) is 12.1 Å². The first-order chi connectivity index (χ1) is 7.65. The zero-order valence-electron chi connectivity index (χ0n) is 8.45. The fourth-order valence-electron chi connectivity index (χ4n) is 1.15. The van der Waals surface area contributed by atoms with Crippen molar-refractivity contribution < 1.29 is 9.13 Å². The van der Waals surface area contributed by atoms with E-state index in [0.717, 1.165) is 5.56 Å². The van der Waals surface area contributed by atoms with E-state index in [1.165, 1.54) is 18.5 Å². The van der Waals surface area contributed by atoms with Crippen molar-refractivity contribution in [3.05, 3.63) is 46.6 Å². The summed E-state index contributed by atoms with van der Waals surface area (Å²) in [4.78, 5) is 7.87. The van der Waals surface area contributed by atoms with E-state index in [0.29, 0.717) is 4.60 Å². The van der Waals surface area contributed by atoms with Gasteiger partial charge < -0.3 is 4.74 Å². The van der Waals surface area contributed by atoms with Crippen LogP contribution in [0, 0.1) is 12.7 Å². The van der Waals surface area contributed by atoms with Gasteiger partial charge in [-0.05, 0) is 40.5 Å². The van der Waals surface area contributed by atoms with E-state index in [4.69, 9.17) is 4.74 Å². The van der Waals surface area contributed by atoms with Crippen LogP contribution in [0.15, 0.2) is 35.2 Å². The van der Waals surface area contributed by atoms with Gasteiger partial charge in [0.1, 0.15) is 4.60 Å². The minimum absolute atomic E-state index is 0.141. The molecular weight excluding hydrogens is 275 g/mol. The minimum Gasteiger partial charge on any atom is -0.434 e. The molecule has 16 heavy (non-hydrogen) atoms. The number of benzene rings is 1. The highest BCUT2D eigenvalue weighted by Gasteiger charge is 2.05. The largest absolute Gasteiger partial charge is 0.434 e. The van der Waals surface area contributed by atoms with Crippen LogP contribution in [0.25, 0.3) is 0 Å². The number of hydrogen-bond acceptors (Lipinski definition) is 3. The molecule has 0 atom stereocenters. The lowest BCUT2D eigenvalue weighted by molar-refractivity contribution is 0.425. The maximum Gasteiger partial charge on any atom is 0.238 e. The lowest BCUT2D eigenvalue weighted by Crippen LogP contribution is -1.92. The second kappa shape index (κ2) is 4.57. The Bertz CT molecular complexity index is 502. The highest BCUT2D eigenvalue weighted by Crippen LogP contribution is 2.23. The van der Waals surface area contributed by atoms with Gasteiger partial charge >= 0.3 is 0 Å². The van der Waals surface area contributed by atoms with Gasteiger partial charge in [0.15, 0.2) is 11.6 Å². The van der Waals surface area contributed by atoms with Crippen molar-refractivity contribution in [3.63, 3.8) is 0 Å². The Labute approximate surface area is 100 Å². The number of aryl methyl sites for hydroxylation is 1. The van der Waals surface area contributed by atoms with Crippen LogP contribution in [0.5, 0.6) is 11.6 Å². The van der Waals surface area contributed by atoms with Crippen molar-refractivity contribution >= 4 is 15.9 Å². The second-order valence-electron chi connectivity index (χ2n) is 3.21. The third-order valence-corrected chi connectivity index (χ3v) is 2.31. The van der Waals surface area contributed by atoms with Crippen molar-refractivity contribution in [1.29, 1.82) is 0 Å². The van der Waals surface area contributed by atoms with E-state index >= 15 is 0 Å². The van der Waals surface area contributed by atoms with Crippen LogP contribution in [-0.2, 0) is 0 Å². The zero-order valence-corrected chi connectivity index (χ0v) is 10.0. The highest BCUT2D eigenvalue weighted by molar-refractivity contribution is 9.10. The molecule has 2 aromatic rings. The quantitative estimate of drug-likeness (QED) is 0.846.